The van der Waals surface area contributed by atoms with Crippen LogP contribution >= 0.6 is 11.6 Å². The van der Waals surface area contributed by atoms with E-state index in [1.807, 2.05) is 6.92 Å². The molecule has 0 radical (unpaired) electrons. The van der Waals surface area contributed by atoms with E-state index in [9.17, 15) is 19.2 Å². The van der Waals surface area contributed by atoms with E-state index in [4.69, 9.17) is 21.1 Å². The van der Waals surface area contributed by atoms with Gasteiger partial charge in [-0.25, -0.2) is 14.8 Å². The molecule has 0 aliphatic rings. The van der Waals surface area contributed by atoms with Crippen LogP contribution in [-0.2, 0) is 19.1 Å². The Labute approximate surface area is 238 Å². The zero-order valence-corrected chi connectivity index (χ0v) is 24.3. The molecule has 2 N–H and O–H groups in total. The SMILES string of the molecule is CCOC(=O)CC[C@H](NC(=O)c1ccc(Cl)c(C(C)c2c[nH]c3ncncc23)c1C(=O)C(C)(C)C)C(=O)OCC. The standard InChI is InChI=1S/C29H35ClN4O6/c1-7-39-22(35)12-11-21(28(38)40-8-2)34-27(37)17-9-10-20(30)23(24(17)25(36)29(4,5)6)16(3)18-14-32-26-19(18)13-31-15-33-26/h9-10,13-16,21H,7-8,11-12H2,1-6H3,(H,34,37)(H,31,32,33)/t16?,21-/m0/s1. The number of ether oxygens (including phenoxy) is 2. The molecular formula is C29H35ClN4O6. The van der Waals surface area contributed by atoms with Crippen LogP contribution in [0.5, 0.6) is 0 Å². The lowest BCUT2D eigenvalue weighted by atomic mass is 9.78. The lowest BCUT2D eigenvalue weighted by molar-refractivity contribution is -0.146. The molecule has 2 heterocycles. The second kappa shape index (κ2) is 13.0. The molecule has 1 amide bonds. The van der Waals surface area contributed by atoms with Crippen molar-refractivity contribution in [2.75, 3.05) is 13.2 Å². The van der Waals surface area contributed by atoms with Crippen molar-refractivity contribution in [3.05, 3.63) is 58.1 Å². The summed E-state index contributed by atoms with van der Waals surface area (Å²) in [7, 11) is 0. The first-order valence-electron chi connectivity index (χ1n) is 13.2. The van der Waals surface area contributed by atoms with Crippen LogP contribution in [0.2, 0.25) is 5.02 Å². The van der Waals surface area contributed by atoms with Crippen molar-refractivity contribution in [1.82, 2.24) is 20.3 Å². The number of carbonyl (C=O) groups excluding carboxylic acids is 4. The molecule has 3 aromatic rings. The van der Waals surface area contributed by atoms with Gasteiger partial charge in [-0.1, -0.05) is 39.3 Å². The van der Waals surface area contributed by atoms with E-state index < -0.39 is 35.2 Å². The second-order valence-electron chi connectivity index (χ2n) is 10.3. The van der Waals surface area contributed by atoms with Gasteiger partial charge >= 0.3 is 11.9 Å². The quantitative estimate of drug-likeness (QED) is 0.242. The summed E-state index contributed by atoms with van der Waals surface area (Å²) in [6.07, 6.45) is 4.76. The van der Waals surface area contributed by atoms with Crippen molar-refractivity contribution in [3.63, 3.8) is 0 Å². The monoisotopic (exact) mass is 570 g/mol. The average Bonchev–Trinajstić information content (AvgIpc) is 3.34. The zero-order valence-electron chi connectivity index (χ0n) is 23.6. The van der Waals surface area contributed by atoms with Crippen molar-refractivity contribution in [2.45, 2.75) is 66.3 Å². The molecule has 0 fully saturated rings. The molecule has 1 unspecified atom stereocenters. The van der Waals surface area contributed by atoms with E-state index in [2.05, 4.69) is 20.3 Å². The molecule has 40 heavy (non-hydrogen) atoms. The number of Topliss-reactive ketones (excluding diaryl/α,β-unsaturated/α-hetero) is 1. The molecule has 10 nitrogen and oxygen atoms in total. The summed E-state index contributed by atoms with van der Waals surface area (Å²) in [5, 5.41) is 3.74. The van der Waals surface area contributed by atoms with Gasteiger partial charge in [0.15, 0.2) is 5.78 Å². The fourth-order valence-electron chi connectivity index (χ4n) is 4.44. The number of hydrogen-bond acceptors (Lipinski definition) is 8. The fraction of sp³-hybridized carbons (Fsp3) is 0.448. The highest BCUT2D eigenvalue weighted by Gasteiger charge is 2.34. The predicted octanol–water partition coefficient (Wildman–Crippen LogP) is 5.00. The number of esters is 2. The number of benzene rings is 1. The van der Waals surface area contributed by atoms with Crippen LogP contribution in [0.3, 0.4) is 0 Å². The third-order valence-corrected chi connectivity index (χ3v) is 6.78. The number of fused-ring (bicyclic) bond motifs is 1. The van der Waals surface area contributed by atoms with Crippen LogP contribution in [0, 0.1) is 5.41 Å². The molecule has 3 rings (SSSR count). The van der Waals surface area contributed by atoms with Gasteiger partial charge in [0.25, 0.3) is 5.91 Å². The normalized spacial score (nSPS) is 13.0. The number of aromatic amines is 1. The fourth-order valence-corrected chi connectivity index (χ4v) is 4.76. The molecule has 214 valence electrons. The smallest absolute Gasteiger partial charge is 0.328 e. The Kier molecular flexibility index (Phi) is 10.0. The molecule has 11 heteroatoms. The van der Waals surface area contributed by atoms with E-state index in [-0.39, 0.29) is 43.0 Å². The molecule has 0 bridgehead atoms. The van der Waals surface area contributed by atoms with Gasteiger partial charge in [0.05, 0.1) is 18.8 Å². The summed E-state index contributed by atoms with van der Waals surface area (Å²) in [6, 6.07) is 1.90. The lowest BCUT2D eigenvalue weighted by Gasteiger charge is -2.26. The minimum atomic E-state index is -1.13. The highest BCUT2D eigenvalue weighted by Crippen LogP contribution is 2.39. The maximum Gasteiger partial charge on any atom is 0.328 e. The van der Waals surface area contributed by atoms with Gasteiger partial charge in [-0.3, -0.25) is 14.4 Å². The van der Waals surface area contributed by atoms with E-state index >= 15 is 0 Å². The Morgan fingerprint density at radius 3 is 2.45 bits per heavy atom. The van der Waals surface area contributed by atoms with E-state index in [1.54, 1.807) is 53.1 Å². The summed E-state index contributed by atoms with van der Waals surface area (Å²) in [5.74, 6) is -2.57. The van der Waals surface area contributed by atoms with Crippen molar-refractivity contribution in [1.29, 1.82) is 0 Å². The highest BCUT2D eigenvalue weighted by molar-refractivity contribution is 6.32. The van der Waals surface area contributed by atoms with Gasteiger partial charge in [0, 0.05) is 46.1 Å². The molecule has 0 saturated carbocycles. The van der Waals surface area contributed by atoms with Crippen LogP contribution in [-0.4, -0.2) is 57.8 Å². The predicted molar refractivity (Wildman–Crippen MR) is 150 cm³/mol. The first-order valence-corrected chi connectivity index (χ1v) is 13.6. The minimum Gasteiger partial charge on any atom is -0.466 e. The van der Waals surface area contributed by atoms with Crippen molar-refractivity contribution >= 4 is 46.3 Å². The molecular weight excluding hydrogens is 536 g/mol. The largest absolute Gasteiger partial charge is 0.466 e. The van der Waals surface area contributed by atoms with Crippen LogP contribution in [0.25, 0.3) is 11.0 Å². The first kappa shape index (κ1) is 30.7. The molecule has 0 saturated heterocycles. The van der Waals surface area contributed by atoms with E-state index in [1.165, 1.54) is 12.4 Å². The van der Waals surface area contributed by atoms with Gasteiger partial charge in [-0.2, -0.15) is 0 Å². The lowest BCUT2D eigenvalue weighted by Crippen LogP contribution is -2.43. The summed E-state index contributed by atoms with van der Waals surface area (Å²) < 4.78 is 10.1. The Morgan fingerprint density at radius 2 is 1.80 bits per heavy atom. The van der Waals surface area contributed by atoms with Crippen LogP contribution in [0.1, 0.15) is 92.1 Å². The number of amides is 1. The molecule has 0 spiro atoms. The molecule has 0 aliphatic heterocycles. The zero-order chi connectivity index (χ0) is 29.6. The van der Waals surface area contributed by atoms with E-state index in [0.29, 0.717) is 16.2 Å². The van der Waals surface area contributed by atoms with Crippen LogP contribution < -0.4 is 5.32 Å². The molecule has 2 aromatic heterocycles. The third kappa shape index (κ3) is 6.85. The number of rotatable bonds is 11. The average molecular weight is 571 g/mol. The highest BCUT2D eigenvalue weighted by atomic mass is 35.5. The Morgan fingerprint density at radius 1 is 1.10 bits per heavy atom. The van der Waals surface area contributed by atoms with E-state index in [0.717, 1.165) is 10.9 Å². The van der Waals surface area contributed by atoms with Gasteiger partial charge in [0.1, 0.15) is 18.0 Å². The number of nitrogens with one attached hydrogen (secondary N) is 2. The van der Waals surface area contributed by atoms with Crippen molar-refractivity contribution in [2.24, 2.45) is 5.41 Å². The number of hydrogen-bond donors (Lipinski definition) is 2. The number of H-pyrrole nitrogens is 1. The number of halogens is 1. The number of aromatic nitrogens is 3. The molecule has 0 aliphatic carbocycles. The Hall–Kier alpha value is -3.79. The van der Waals surface area contributed by atoms with Crippen molar-refractivity contribution < 1.29 is 28.7 Å². The van der Waals surface area contributed by atoms with Crippen LogP contribution in [0.15, 0.2) is 30.9 Å². The number of nitrogens with zero attached hydrogens (tertiary/aromatic N) is 2. The Balaban J connectivity index is 2.10. The number of ketones is 1. The topological polar surface area (TPSA) is 140 Å². The molecule has 1 aromatic carbocycles. The van der Waals surface area contributed by atoms with Gasteiger partial charge in [-0.05, 0) is 43.5 Å². The second-order valence-corrected chi connectivity index (χ2v) is 10.7. The summed E-state index contributed by atoms with van der Waals surface area (Å²) in [4.78, 5) is 63.7. The van der Waals surface area contributed by atoms with Crippen LogP contribution in [0.4, 0.5) is 0 Å². The first-order chi connectivity index (χ1) is 18.9. The summed E-state index contributed by atoms with van der Waals surface area (Å²) >= 11 is 6.72. The third-order valence-electron chi connectivity index (χ3n) is 6.45. The summed E-state index contributed by atoms with van der Waals surface area (Å²) in [6.45, 7) is 10.8. The van der Waals surface area contributed by atoms with Gasteiger partial charge in [-0.15, -0.1) is 0 Å². The van der Waals surface area contributed by atoms with Crippen molar-refractivity contribution in [3.8, 4) is 0 Å². The summed E-state index contributed by atoms with van der Waals surface area (Å²) in [5.41, 5.74) is 1.26. The van der Waals surface area contributed by atoms with Gasteiger partial charge < -0.3 is 19.8 Å². The Bertz CT molecular complexity index is 1410. The maximum absolute atomic E-state index is 13.9. The molecule has 2 atom stereocenters. The minimum absolute atomic E-state index is 0.0296. The van der Waals surface area contributed by atoms with Gasteiger partial charge in [0.2, 0.25) is 0 Å². The number of carbonyl (C=O) groups is 4. The maximum atomic E-state index is 13.9.